The second-order valence-electron chi connectivity index (χ2n) is 3.96. The van der Waals surface area contributed by atoms with Crippen LogP contribution in [-0.2, 0) is 9.59 Å². The van der Waals surface area contributed by atoms with Gasteiger partial charge in [0.15, 0.2) is 0 Å². The molecule has 0 aromatic rings. The van der Waals surface area contributed by atoms with E-state index in [-0.39, 0.29) is 18.4 Å². The van der Waals surface area contributed by atoms with Crippen molar-refractivity contribution in [3.8, 4) is 6.07 Å². The number of hydrogen-bond donors (Lipinski definition) is 1. The first-order valence-corrected chi connectivity index (χ1v) is 6.97. The van der Waals surface area contributed by atoms with E-state index in [1.54, 1.807) is 23.6 Å². The summed E-state index contributed by atoms with van der Waals surface area (Å²) in [5, 5.41) is 10.9. The fraction of sp³-hybridized carbons (Fsp3) is 0.583. The zero-order valence-electron chi connectivity index (χ0n) is 10.6. The van der Waals surface area contributed by atoms with Crippen LogP contribution in [0.1, 0.15) is 20.3 Å². The number of rotatable bonds is 4. The molecule has 2 amide bonds. The van der Waals surface area contributed by atoms with Crippen molar-refractivity contribution in [2.24, 2.45) is 0 Å². The Balaban J connectivity index is 2.70. The minimum atomic E-state index is -0.462. The van der Waals surface area contributed by atoms with E-state index in [1.165, 1.54) is 0 Å². The molecule has 0 aliphatic carbocycles. The van der Waals surface area contributed by atoms with Crippen molar-refractivity contribution in [1.29, 1.82) is 5.26 Å². The Morgan fingerprint density at radius 2 is 2.33 bits per heavy atom. The molecule has 0 bridgehead atoms. The lowest BCUT2D eigenvalue weighted by Crippen LogP contribution is -2.47. The summed E-state index contributed by atoms with van der Waals surface area (Å²) in [5.74, 6) is 0.763. The molecule has 5 nitrogen and oxygen atoms in total. The Morgan fingerprint density at radius 1 is 1.61 bits per heavy atom. The molecule has 1 aliphatic heterocycles. The third-order valence-electron chi connectivity index (χ3n) is 2.64. The van der Waals surface area contributed by atoms with Crippen LogP contribution in [0, 0.1) is 11.3 Å². The molecule has 1 unspecified atom stereocenters. The zero-order valence-corrected chi connectivity index (χ0v) is 11.4. The monoisotopic (exact) mass is 267 g/mol. The normalized spacial score (nSPS) is 19.5. The fourth-order valence-electron chi connectivity index (χ4n) is 1.72. The van der Waals surface area contributed by atoms with Crippen molar-refractivity contribution < 1.29 is 9.59 Å². The molecule has 1 atom stereocenters. The minimum Gasteiger partial charge on any atom is -0.341 e. The highest BCUT2D eigenvalue weighted by Crippen LogP contribution is 2.23. The molecule has 0 radical (unpaired) electrons. The fourth-order valence-corrected chi connectivity index (χ4v) is 2.88. The summed E-state index contributed by atoms with van der Waals surface area (Å²) in [7, 11) is 0. The van der Waals surface area contributed by atoms with Crippen molar-refractivity contribution >= 4 is 23.6 Å². The van der Waals surface area contributed by atoms with Gasteiger partial charge in [-0.3, -0.25) is 9.59 Å². The van der Waals surface area contributed by atoms with E-state index in [0.29, 0.717) is 17.2 Å². The maximum atomic E-state index is 12.1. The van der Waals surface area contributed by atoms with E-state index in [4.69, 9.17) is 5.26 Å². The maximum Gasteiger partial charge on any atom is 0.250 e. The largest absolute Gasteiger partial charge is 0.341 e. The molecule has 1 fully saturated rings. The summed E-state index contributed by atoms with van der Waals surface area (Å²) in [5.41, 5.74) is 0.665. The van der Waals surface area contributed by atoms with Crippen LogP contribution in [0.5, 0.6) is 0 Å². The maximum absolute atomic E-state index is 12.1. The van der Waals surface area contributed by atoms with Gasteiger partial charge in [-0.15, -0.1) is 11.8 Å². The first-order valence-electron chi connectivity index (χ1n) is 5.82. The summed E-state index contributed by atoms with van der Waals surface area (Å²) in [4.78, 5) is 25.5. The minimum absolute atomic E-state index is 0.0220. The Morgan fingerprint density at radius 3 is 2.94 bits per heavy atom. The molecule has 98 valence electrons. The molecule has 18 heavy (non-hydrogen) atoms. The van der Waals surface area contributed by atoms with Gasteiger partial charge in [0.25, 0.3) is 5.91 Å². The smallest absolute Gasteiger partial charge is 0.250 e. The SMILES string of the molecule is CC/C=C(/C)C(=O)N1CSCC1C(=O)NCC#N. The number of nitrogens with one attached hydrogen (secondary N) is 1. The molecule has 1 N–H and O–H groups in total. The van der Waals surface area contributed by atoms with Crippen LogP contribution in [-0.4, -0.2) is 40.9 Å². The highest BCUT2D eigenvalue weighted by atomic mass is 32.2. The van der Waals surface area contributed by atoms with Gasteiger partial charge in [-0.25, -0.2) is 0 Å². The number of hydrogen-bond acceptors (Lipinski definition) is 4. The van der Waals surface area contributed by atoms with Crippen LogP contribution in [0.4, 0.5) is 0 Å². The van der Waals surface area contributed by atoms with Gasteiger partial charge in [-0.05, 0) is 13.3 Å². The lowest BCUT2D eigenvalue weighted by molar-refractivity contribution is -0.135. The standard InChI is InChI=1S/C12H17N3O2S/c1-3-4-9(2)12(17)15-8-18-7-10(15)11(16)14-6-5-13/h4,10H,3,6-8H2,1-2H3,(H,14,16)/b9-4-. The quantitative estimate of drug-likeness (QED) is 0.606. The molecule has 0 spiro atoms. The highest BCUT2D eigenvalue weighted by molar-refractivity contribution is 7.99. The van der Waals surface area contributed by atoms with Gasteiger partial charge in [0.1, 0.15) is 12.6 Å². The van der Waals surface area contributed by atoms with E-state index in [2.05, 4.69) is 5.32 Å². The Hall–Kier alpha value is -1.48. The van der Waals surface area contributed by atoms with Gasteiger partial charge in [0.2, 0.25) is 5.91 Å². The van der Waals surface area contributed by atoms with Gasteiger partial charge in [-0.2, -0.15) is 5.26 Å². The van der Waals surface area contributed by atoms with E-state index < -0.39 is 6.04 Å². The summed E-state index contributed by atoms with van der Waals surface area (Å²) >= 11 is 1.55. The number of nitriles is 1. The van der Waals surface area contributed by atoms with Gasteiger partial charge in [0, 0.05) is 11.3 Å². The third-order valence-corrected chi connectivity index (χ3v) is 3.65. The highest BCUT2D eigenvalue weighted by Gasteiger charge is 2.34. The molecule has 0 saturated carbocycles. The summed E-state index contributed by atoms with van der Waals surface area (Å²) in [6.45, 7) is 3.71. The first-order chi connectivity index (χ1) is 8.61. The number of amides is 2. The van der Waals surface area contributed by atoms with E-state index in [1.807, 2.05) is 19.1 Å². The van der Waals surface area contributed by atoms with Crippen molar-refractivity contribution in [3.05, 3.63) is 11.6 Å². The number of carbonyl (C=O) groups excluding carboxylic acids is 2. The lowest BCUT2D eigenvalue weighted by Gasteiger charge is -2.22. The lowest BCUT2D eigenvalue weighted by atomic mass is 10.2. The van der Waals surface area contributed by atoms with Crippen LogP contribution in [0.25, 0.3) is 0 Å². The number of allylic oxidation sites excluding steroid dienone is 1. The Kier molecular flexibility index (Phi) is 5.72. The molecule has 0 aromatic heterocycles. The van der Waals surface area contributed by atoms with Crippen LogP contribution < -0.4 is 5.32 Å². The second-order valence-corrected chi connectivity index (χ2v) is 4.96. The molecule has 1 rings (SSSR count). The van der Waals surface area contributed by atoms with E-state index in [9.17, 15) is 9.59 Å². The van der Waals surface area contributed by atoms with E-state index >= 15 is 0 Å². The average Bonchev–Trinajstić information content (AvgIpc) is 2.84. The van der Waals surface area contributed by atoms with Crippen molar-refractivity contribution in [2.75, 3.05) is 18.2 Å². The van der Waals surface area contributed by atoms with Gasteiger partial charge >= 0.3 is 0 Å². The Labute approximate surface area is 111 Å². The third kappa shape index (κ3) is 3.50. The average molecular weight is 267 g/mol. The number of nitrogens with zero attached hydrogens (tertiary/aromatic N) is 2. The molecule has 0 aromatic carbocycles. The molecule has 1 saturated heterocycles. The van der Waals surface area contributed by atoms with Gasteiger partial charge < -0.3 is 10.2 Å². The van der Waals surface area contributed by atoms with Crippen molar-refractivity contribution in [3.63, 3.8) is 0 Å². The van der Waals surface area contributed by atoms with Gasteiger partial charge in [-0.1, -0.05) is 13.0 Å². The topological polar surface area (TPSA) is 73.2 Å². The second kappa shape index (κ2) is 7.07. The van der Waals surface area contributed by atoms with Crippen LogP contribution >= 0.6 is 11.8 Å². The molecule has 1 heterocycles. The number of carbonyl (C=O) groups is 2. The first kappa shape index (κ1) is 14.6. The zero-order chi connectivity index (χ0) is 13.5. The summed E-state index contributed by atoms with van der Waals surface area (Å²) < 4.78 is 0. The molecular weight excluding hydrogens is 250 g/mol. The molecule has 1 aliphatic rings. The van der Waals surface area contributed by atoms with Gasteiger partial charge in [0.05, 0.1) is 11.9 Å². The predicted molar refractivity (Wildman–Crippen MR) is 70.6 cm³/mol. The van der Waals surface area contributed by atoms with Crippen LogP contribution in [0.3, 0.4) is 0 Å². The Bertz CT molecular complexity index is 401. The van der Waals surface area contributed by atoms with Crippen LogP contribution in [0.2, 0.25) is 0 Å². The number of thioether (sulfide) groups is 1. The van der Waals surface area contributed by atoms with Crippen LogP contribution in [0.15, 0.2) is 11.6 Å². The van der Waals surface area contributed by atoms with Crippen molar-refractivity contribution in [2.45, 2.75) is 26.3 Å². The molecule has 6 heteroatoms. The molecular formula is C12H17N3O2S. The summed E-state index contributed by atoms with van der Waals surface area (Å²) in [6.07, 6.45) is 2.65. The van der Waals surface area contributed by atoms with Crippen molar-refractivity contribution in [1.82, 2.24) is 10.2 Å². The predicted octanol–water partition coefficient (Wildman–Crippen LogP) is 0.884. The summed E-state index contributed by atoms with van der Waals surface area (Å²) in [6, 6.07) is 1.39. The van der Waals surface area contributed by atoms with E-state index in [0.717, 1.165) is 6.42 Å².